The number of ether oxygens (including phenoxy) is 1. The molecule has 6 nitrogen and oxygen atoms in total. The molecule has 0 radical (unpaired) electrons. The fourth-order valence-electron chi connectivity index (χ4n) is 4.25. The number of carboxylic acids is 1. The van der Waals surface area contributed by atoms with Gasteiger partial charge in [-0.05, 0) is 85.3 Å². The maximum Gasteiger partial charge on any atom is 0.416 e. The van der Waals surface area contributed by atoms with Crippen molar-refractivity contribution >= 4 is 16.0 Å². The molecule has 1 aliphatic heterocycles. The van der Waals surface area contributed by atoms with E-state index < -0.39 is 34.3 Å². The lowest BCUT2D eigenvalue weighted by Gasteiger charge is -2.33. The third kappa shape index (κ3) is 6.14. The quantitative estimate of drug-likeness (QED) is 0.418. The van der Waals surface area contributed by atoms with Crippen molar-refractivity contribution in [2.24, 2.45) is 0 Å². The molecule has 4 rings (SSSR count). The third-order valence-corrected chi connectivity index (χ3v) is 7.96. The molecule has 0 fully saturated rings. The normalized spacial score (nSPS) is 15.2. The Balaban J connectivity index is 1.65. The summed E-state index contributed by atoms with van der Waals surface area (Å²) in [5.74, 6) is -0.741. The van der Waals surface area contributed by atoms with Gasteiger partial charge in [-0.2, -0.15) is 17.5 Å². The number of nitrogens with zero attached hydrogens (tertiary/aromatic N) is 1. The van der Waals surface area contributed by atoms with Gasteiger partial charge in [0.2, 0.25) is 10.0 Å². The maximum absolute atomic E-state index is 13.5. The van der Waals surface area contributed by atoms with E-state index in [-0.39, 0.29) is 17.0 Å². The third-order valence-electron chi connectivity index (χ3n) is 6.17. The molecule has 0 saturated carbocycles. The molecular weight excluding hydrogens is 507 g/mol. The van der Waals surface area contributed by atoms with E-state index >= 15 is 0 Å². The zero-order valence-electron chi connectivity index (χ0n) is 20.2. The van der Waals surface area contributed by atoms with E-state index in [0.717, 1.165) is 22.0 Å². The van der Waals surface area contributed by atoms with Gasteiger partial charge in [0, 0.05) is 6.54 Å². The fraction of sp³-hybridized carbons (Fsp3) is 0.296. The Kier molecular flexibility index (Phi) is 7.09. The molecule has 3 aromatic rings. The van der Waals surface area contributed by atoms with Gasteiger partial charge in [0.1, 0.15) is 17.9 Å². The molecule has 1 aliphatic rings. The Bertz CT molecular complexity index is 1430. The van der Waals surface area contributed by atoms with E-state index in [1.165, 1.54) is 24.3 Å². The van der Waals surface area contributed by atoms with E-state index in [1.807, 2.05) is 13.8 Å². The summed E-state index contributed by atoms with van der Waals surface area (Å²) < 4.78 is 73.2. The molecule has 37 heavy (non-hydrogen) atoms. The molecule has 0 aromatic heterocycles. The summed E-state index contributed by atoms with van der Waals surface area (Å²) in [7, 11) is -4.21. The SMILES string of the molecule is CC1(C)CCc2cc(S(=O)(=O)N(CC(=O)O)Cc3cccc(-c4cccc(C(F)(F)F)c4)c3)ccc2O1. The second-order valence-electron chi connectivity index (χ2n) is 9.58. The highest BCUT2D eigenvalue weighted by Crippen LogP contribution is 2.35. The molecule has 0 saturated heterocycles. The summed E-state index contributed by atoms with van der Waals surface area (Å²) in [6, 6.07) is 15.7. The van der Waals surface area contributed by atoms with Crippen LogP contribution in [0.2, 0.25) is 0 Å². The maximum atomic E-state index is 13.5. The van der Waals surface area contributed by atoms with Crippen LogP contribution in [-0.4, -0.2) is 35.9 Å². The second-order valence-corrected chi connectivity index (χ2v) is 11.5. The number of alkyl halides is 3. The van der Waals surface area contributed by atoms with Gasteiger partial charge >= 0.3 is 12.1 Å². The van der Waals surface area contributed by atoms with Gasteiger partial charge in [-0.3, -0.25) is 4.79 Å². The summed E-state index contributed by atoms with van der Waals surface area (Å²) in [5.41, 5.74) is 0.745. The average molecular weight is 534 g/mol. The number of halogens is 3. The number of aliphatic carboxylic acids is 1. The van der Waals surface area contributed by atoms with E-state index in [0.29, 0.717) is 35.3 Å². The van der Waals surface area contributed by atoms with Crippen molar-refractivity contribution in [2.75, 3.05) is 6.54 Å². The van der Waals surface area contributed by atoms with Crippen LogP contribution in [0.3, 0.4) is 0 Å². The van der Waals surface area contributed by atoms with Crippen LogP contribution in [0, 0.1) is 0 Å². The van der Waals surface area contributed by atoms with Crippen molar-refractivity contribution in [1.29, 1.82) is 0 Å². The monoisotopic (exact) mass is 533 g/mol. The first-order chi connectivity index (χ1) is 17.2. The van der Waals surface area contributed by atoms with Gasteiger partial charge in [0.15, 0.2) is 0 Å². The van der Waals surface area contributed by atoms with Gasteiger partial charge < -0.3 is 9.84 Å². The Morgan fingerprint density at radius 2 is 1.70 bits per heavy atom. The van der Waals surface area contributed by atoms with Crippen LogP contribution in [0.5, 0.6) is 5.75 Å². The summed E-state index contributed by atoms with van der Waals surface area (Å²) in [4.78, 5) is 11.5. The van der Waals surface area contributed by atoms with Crippen molar-refractivity contribution in [1.82, 2.24) is 4.31 Å². The van der Waals surface area contributed by atoms with Gasteiger partial charge in [-0.1, -0.05) is 30.3 Å². The molecule has 3 aromatic carbocycles. The molecule has 0 atom stereocenters. The Morgan fingerprint density at radius 3 is 2.38 bits per heavy atom. The molecule has 1 heterocycles. The molecular formula is C27H26F3NO5S. The molecule has 0 aliphatic carbocycles. The Labute approximate surface area is 213 Å². The number of sulfonamides is 1. The summed E-state index contributed by atoms with van der Waals surface area (Å²) in [5, 5.41) is 9.43. The summed E-state index contributed by atoms with van der Waals surface area (Å²) >= 11 is 0. The van der Waals surface area contributed by atoms with Gasteiger partial charge in [0.25, 0.3) is 0 Å². The van der Waals surface area contributed by atoms with Gasteiger partial charge in [0.05, 0.1) is 10.5 Å². The van der Waals surface area contributed by atoms with Crippen LogP contribution >= 0.6 is 0 Å². The number of carboxylic acid groups (broad SMARTS) is 1. The molecule has 1 N–H and O–H groups in total. The number of hydrogen-bond donors (Lipinski definition) is 1. The van der Waals surface area contributed by atoms with E-state index in [4.69, 9.17) is 4.74 Å². The summed E-state index contributed by atoms with van der Waals surface area (Å²) in [6.07, 6.45) is -3.19. The van der Waals surface area contributed by atoms with E-state index in [2.05, 4.69) is 0 Å². The standard InChI is InChI=1S/C27H26F3NO5S/c1-26(2)12-11-21-15-23(9-10-24(21)36-26)37(34,35)31(17-25(32)33)16-18-5-3-6-19(13-18)20-7-4-8-22(14-20)27(28,29)30/h3-10,13-15H,11-12,16-17H2,1-2H3,(H,32,33). The largest absolute Gasteiger partial charge is 0.488 e. The van der Waals surface area contributed by atoms with Crippen LogP contribution in [-0.2, 0) is 34.0 Å². The Morgan fingerprint density at radius 1 is 1.03 bits per heavy atom. The lowest BCUT2D eigenvalue weighted by molar-refractivity contribution is -0.138. The number of benzene rings is 3. The van der Waals surface area contributed by atoms with Gasteiger partial charge in [-0.15, -0.1) is 0 Å². The topological polar surface area (TPSA) is 83.9 Å². The molecule has 0 spiro atoms. The second kappa shape index (κ2) is 9.83. The van der Waals surface area contributed by atoms with Crippen LogP contribution in [0.4, 0.5) is 13.2 Å². The van der Waals surface area contributed by atoms with Crippen LogP contribution in [0.25, 0.3) is 11.1 Å². The smallest absolute Gasteiger partial charge is 0.416 e. The lowest BCUT2D eigenvalue weighted by Crippen LogP contribution is -2.36. The molecule has 0 bridgehead atoms. The van der Waals surface area contributed by atoms with Crippen LogP contribution in [0.15, 0.2) is 71.6 Å². The predicted molar refractivity (Wildman–Crippen MR) is 132 cm³/mol. The summed E-state index contributed by atoms with van der Waals surface area (Å²) in [6.45, 7) is 2.84. The molecule has 196 valence electrons. The minimum Gasteiger partial charge on any atom is -0.488 e. The molecule has 10 heteroatoms. The minimum atomic E-state index is -4.50. The number of hydrogen-bond acceptors (Lipinski definition) is 4. The van der Waals surface area contributed by atoms with Crippen molar-refractivity contribution in [3.05, 3.63) is 83.4 Å². The molecule has 0 unspecified atom stereocenters. The molecule has 0 amide bonds. The minimum absolute atomic E-state index is 0.0511. The van der Waals surface area contributed by atoms with Gasteiger partial charge in [-0.25, -0.2) is 8.42 Å². The highest BCUT2D eigenvalue weighted by Gasteiger charge is 2.32. The number of aryl methyl sites for hydroxylation is 1. The van der Waals surface area contributed by atoms with Crippen molar-refractivity contribution in [3.8, 4) is 16.9 Å². The number of carbonyl (C=O) groups is 1. The Hall–Kier alpha value is -3.37. The predicted octanol–water partition coefficient (Wildman–Crippen LogP) is 5.75. The average Bonchev–Trinajstić information content (AvgIpc) is 2.82. The number of rotatable bonds is 7. The fourth-order valence-corrected chi connectivity index (χ4v) is 5.68. The van der Waals surface area contributed by atoms with E-state index in [9.17, 15) is 31.5 Å². The zero-order chi connectivity index (χ0) is 27.0. The van der Waals surface area contributed by atoms with Crippen molar-refractivity contribution in [2.45, 2.75) is 49.9 Å². The highest BCUT2D eigenvalue weighted by atomic mass is 32.2. The zero-order valence-corrected chi connectivity index (χ0v) is 21.1. The first-order valence-electron chi connectivity index (χ1n) is 11.6. The van der Waals surface area contributed by atoms with E-state index in [1.54, 1.807) is 30.3 Å². The number of fused-ring (bicyclic) bond motifs is 1. The highest BCUT2D eigenvalue weighted by molar-refractivity contribution is 7.89. The van der Waals surface area contributed by atoms with Crippen LogP contribution < -0.4 is 4.74 Å². The lowest BCUT2D eigenvalue weighted by atomic mass is 9.94. The van der Waals surface area contributed by atoms with Crippen LogP contribution in [0.1, 0.15) is 37.0 Å². The first-order valence-corrected chi connectivity index (χ1v) is 13.0. The van der Waals surface area contributed by atoms with Crippen molar-refractivity contribution in [3.63, 3.8) is 0 Å². The van der Waals surface area contributed by atoms with Crippen molar-refractivity contribution < 1.29 is 36.2 Å². The first kappa shape index (κ1) is 26.7.